The van der Waals surface area contributed by atoms with Crippen molar-refractivity contribution in [1.29, 1.82) is 0 Å². The molecule has 41 heteroatoms. The van der Waals surface area contributed by atoms with Crippen LogP contribution in [-0.4, -0.2) is 207 Å². The van der Waals surface area contributed by atoms with Crippen molar-refractivity contribution in [3.63, 3.8) is 0 Å². The molecule has 0 aromatic rings. The second-order valence-corrected chi connectivity index (χ2v) is 21.7. The Morgan fingerprint density at radius 2 is 0.479 bits per heavy atom. The number of carboxylic acids is 1. The number of primary amides is 1. The van der Waals surface area contributed by atoms with E-state index in [4.69, 9.17) is 91.7 Å². The number of carboxylic acid groups (broad SMARTS) is 1. The maximum absolute atomic E-state index is 14.6. The predicted molar refractivity (Wildman–Crippen MR) is 355 cm³/mol. The Labute approximate surface area is 545 Å². The van der Waals surface area contributed by atoms with Gasteiger partial charge in [0.05, 0.1) is 6.04 Å². The number of rotatable bonds is 52. The van der Waals surface area contributed by atoms with Crippen molar-refractivity contribution in [1.82, 2.24) is 42.5 Å². The lowest BCUT2D eigenvalue weighted by Crippen LogP contribution is -2.60. The Kier molecular flexibility index (Phi) is 43.8. The molecule has 9 amide bonds. The van der Waals surface area contributed by atoms with Gasteiger partial charge < -0.3 is 139 Å². The quantitative estimate of drug-likeness (QED) is 0.0153. The normalized spacial score (nSPS) is 13.6. The summed E-state index contributed by atoms with van der Waals surface area (Å²) in [5.41, 5.74) is 89.1. The summed E-state index contributed by atoms with van der Waals surface area (Å²) in [6, 6.07) is -12.8. The van der Waals surface area contributed by atoms with Gasteiger partial charge >= 0.3 is 5.97 Å². The minimum absolute atomic E-state index is 0.00980. The molecular weight excluding hydrogens is 1230 g/mol. The van der Waals surface area contributed by atoms with Crippen molar-refractivity contribution in [3.05, 3.63) is 0 Å². The predicted octanol–water partition coefficient (Wildman–Crippen LogP) is -10.9. The Morgan fingerprint density at radius 1 is 0.277 bits per heavy atom. The molecule has 0 unspecified atom stereocenters. The highest BCUT2D eigenvalue weighted by Gasteiger charge is 2.35. The summed E-state index contributed by atoms with van der Waals surface area (Å²) in [4.78, 5) is 162. The number of nitrogens with two attached hydrogens (primary N) is 16. The van der Waals surface area contributed by atoms with Crippen LogP contribution < -0.4 is 134 Å². The zero-order valence-corrected chi connectivity index (χ0v) is 53.4. The SMILES string of the molecule is NCCCC[C@@H](NC(=O)[C@@H](CCCCN)NC(=O)[C@@H](CCCN=C(N)N)NC(=O)[C@@H](CCCN=C(N)N)NC(=O)[C@@H](CCC(N)=O)NC(=O)[C@@H](CCCN=C(N)N)NC(=O)[C@@H](CCCN=C(N)N)NC(=O)[C@H](N)CCCN=C(N)N)C(=O)N[C@H](CCCN=C(N)N)C(=O)O. The molecule has 534 valence electrons. The first-order valence-electron chi connectivity index (χ1n) is 30.8. The number of nitrogens with one attached hydrogen (secondary N) is 8. The van der Waals surface area contributed by atoms with Crippen molar-refractivity contribution >= 4 is 94.9 Å². The third-order valence-electron chi connectivity index (χ3n) is 13.6. The molecule has 0 fully saturated rings. The fraction of sp³-hybridized carbons (Fsp3) is 0.698. The number of hydrogen-bond donors (Lipinski definition) is 25. The average Bonchev–Trinajstić information content (AvgIpc) is 1.35. The largest absolute Gasteiger partial charge is 0.480 e. The average molecular weight is 1340 g/mol. The van der Waals surface area contributed by atoms with Crippen LogP contribution in [0.4, 0.5) is 0 Å². The monoisotopic (exact) mass is 1340 g/mol. The van der Waals surface area contributed by atoms with Gasteiger partial charge in [0.2, 0.25) is 53.2 Å². The Hall–Kier alpha value is -9.80. The second-order valence-electron chi connectivity index (χ2n) is 21.7. The number of carbonyl (C=O) groups excluding carboxylic acids is 9. The zero-order chi connectivity index (χ0) is 71.1. The van der Waals surface area contributed by atoms with Gasteiger partial charge in [-0.1, -0.05) is 0 Å². The lowest BCUT2D eigenvalue weighted by atomic mass is 10.0. The molecule has 0 heterocycles. The van der Waals surface area contributed by atoms with Crippen LogP contribution in [0, 0.1) is 0 Å². The molecule has 0 aromatic heterocycles. The van der Waals surface area contributed by atoms with Crippen LogP contribution in [0.1, 0.15) is 128 Å². The molecule has 0 rings (SSSR count). The molecule has 0 radical (unpaired) electrons. The highest BCUT2D eigenvalue weighted by Crippen LogP contribution is 2.12. The minimum Gasteiger partial charge on any atom is -0.480 e. The van der Waals surface area contributed by atoms with E-state index >= 15 is 0 Å². The highest BCUT2D eigenvalue weighted by atomic mass is 16.4. The van der Waals surface area contributed by atoms with Gasteiger partial charge in [-0.15, -0.1) is 0 Å². The van der Waals surface area contributed by atoms with E-state index in [0.717, 1.165) is 0 Å². The summed E-state index contributed by atoms with van der Waals surface area (Å²) in [5.74, 6) is -11.0. The number of guanidine groups is 6. The first kappa shape index (κ1) is 84.2. The van der Waals surface area contributed by atoms with Gasteiger partial charge in [-0.3, -0.25) is 73.1 Å². The molecule has 0 saturated carbocycles. The van der Waals surface area contributed by atoms with Crippen molar-refractivity contribution in [2.24, 2.45) is 122 Å². The summed E-state index contributed by atoms with van der Waals surface area (Å²) < 4.78 is 0. The molecule has 41 nitrogen and oxygen atoms in total. The fourth-order valence-electron chi connectivity index (χ4n) is 8.76. The number of hydrogen-bond acceptors (Lipinski definition) is 19. The molecule has 0 bridgehead atoms. The molecular formula is C53H106N30O11. The minimum atomic E-state index is -1.67. The molecule has 9 atom stereocenters. The first-order chi connectivity index (χ1) is 44.4. The van der Waals surface area contributed by atoms with Gasteiger partial charge in [0.1, 0.15) is 48.3 Å². The van der Waals surface area contributed by atoms with Crippen LogP contribution in [0.3, 0.4) is 0 Å². The Balaban J connectivity index is 7.45. The number of nitrogens with zero attached hydrogens (tertiary/aromatic N) is 6. The number of aliphatic imine (C=N–C) groups is 6. The number of aliphatic carboxylic acids is 1. The van der Waals surface area contributed by atoms with Gasteiger partial charge in [0.15, 0.2) is 35.8 Å². The summed E-state index contributed by atoms with van der Waals surface area (Å²) in [5, 5.41) is 30.6. The molecule has 0 saturated heterocycles. The van der Waals surface area contributed by atoms with E-state index in [2.05, 4.69) is 72.5 Å². The number of amides is 9. The molecule has 94 heavy (non-hydrogen) atoms. The Morgan fingerprint density at radius 3 is 0.702 bits per heavy atom. The van der Waals surface area contributed by atoms with E-state index in [1.807, 2.05) is 0 Å². The van der Waals surface area contributed by atoms with Crippen LogP contribution >= 0.6 is 0 Å². The van der Waals surface area contributed by atoms with Crippen LogP contribution in [-0.2, 0) is 47.9 Å². The van der Waals surface area contributed by atoms with Gasteiger partial charge in [-0.2, -0.15) is 0 Å². The summed E-state index contributed by atoms with van der Waals surface area (Å²) in [6.07, 6.45) is 0.516. The standard InChI is InChI=1S/C53H106N30O11/c54-21-3-1-12-30(40(86)78-31(13-2-4-22-55)45(91)83-37(47(93)94)18-10-28-75-53(68)69)77-42(88)33(15-7-25-72-50(62)63)80-43(89)34(16-8-26-73-51(64)65)81-46(92)36(19-20-38(57)84)82-44(90)35(17-9-27-74-52(66)67)79-41(87)32(14-6-24-71-49(60)61)76-39(85)29(56)11-5-23-70-48(58)59/h29-37H,1-28,54-56H2,(H2,57,84)(H,76,85)(H,77,88)(H,78,86)(H,79,87)(H,80,89)(H,81,92)(H,82,90)(H,83,91)(H,93,94)(H4,58,59,70)(H4,60,61,71)(H4,62,63,72)(H4,64,65,73)(H4,66,67,74)(H4,68,69,75)/t29-,30-,31-,32-,33-,34-,35-,36-,37-/m1/s1. The lowest BCUT2D eigenvalue weighted by molar-refractivity contribution is -0.142. The summed E-state index contributed by atoms with van der Waals surface area (Å²) >= 11 is 0. The maximum Gasteiger partial charge on any atom is 0.326 e. The van der Waals surface area contributed by atoms with Gasteiger partial charge in [0, 0.05) is 45.7 Å². The van der Waals surface area contributed by atoms with Gasteiger partial charge in [0.25, 0.3) is 0 Å². The van der Waals surface area contributed by atoms with Crippen molar-refractivity contribution in [2.45, 2.75) is 183 Å². The van der Waals surface area contributed by atoms with Crippen LogP contribution in [0.25, 0.3) is 0 Å². The van der Waals surface area contributed by atoms with E-state index in [1.165, 1.54) is 0 Å². The Bertz CT molecular complexity index is 2560. The van der Waals surface area contributed by atoms with E-state index in [1.54, 1.807) is 0 Å². The van der Waals surface area contributed by atoms with Crippen molar-refractivity contribution in [2.75, 3.05) is 52.4 Å². The van der Waals surface area contributed by atoms with Crippen LogP contribution in [0.15, 0.2) is 30.0 Å². The number of unbranched alkanes of at least 4 members (excludes halogenated alkanes) is 2. The molecule has 0 aliphatic heterocycles. The molecule has 0 aromatic carbocycles. The van der Waals surface area contributed by atoms with Crippen molar-refractivity contribution in [3.8, 4) is 0 Å². The number of carbonyl (C=O) groups is 10. The smallest absolute Gasteiger partial charge is 0.326 e. The summed E-state index contributed by atoms with van der Waals surface area (Å²) in [6.45, 7) is 0.541. The second kappa shape index (κ2) is 48.9. The third kappa shape index (κ3) is 40.8. The molecule has 41 N–H and O–H groups in total. The summed E-state index contributed by atoms with van der Waals surface area (Å²) in [7, 11) is 0. The van der Waals surface area contributed by atoms with Crippen LogP contribution in [0.5, 0.6) is 0 Å². The molecule has 0 aliphatic rings. The van der Waals surface area contributed by atoms with E-state index in [9.17, 15) is 53.1 Å². The zero-order valence-electron chi connectivity index (χ0n) is 53.4. The van der Waals surface area contributed by atoms with Crippen molar-refractivity contribution < 1.29 is 53.1 Å². The van der Waals surface area contributed by atoms with E-state index in [0.29, 0.717) is 25.7 Å². The van der Waals surface area contributed by atoms with Crippen LogP contribution in [0.2, 0.25) is 0 Å². The van der Waals surface area contributed by atoms with Gasteiger partial charge in [-0.25, -0.2) is 4.79 Å². The van der Waals surface area contributed by atoms with E-state index < -0.39 is 126 Å². The third-order valence-corrected chi connectivity index (χ3v) is 13.6. The topological polar surface area (TPSA) is 778 Å². The highest BCUT2D eigenvalue weighted by molar-refractivity contribution is 5.98. The maximum atomic E-state index is 14.6. The van der Waals surface area contributed by atoms with Gasteiger partial charge in [-0.05, 0) is 135 Å². The molecule has 0 spiro atoms. The first-order valence-corrected chi connectivity index (χ1v) is 30.8. The van der Waals surface area contributed by atoms with E-state index in [-0.39, 0.29) is 178 Å². The lowest BCUT2D eigenvalue weighted by Gasteiger charge is -2.28. The fourth-order valence-corrected chi connectivity index (χ4v) is 8.76. The molecule has 0 aliphatic carbocycles.